The second kappa shape index (κ2) is 8.70. The number of hydrogen-bond donors (Lipinski definition) is 1. The summed E-state index contributed by atoms with van der Waals surface area (Å²) < 4.78 is 13.4. The fourth-order valence-electron chi connectivity index (χ4n) is 3.52. The third kappa shape index (κ3) is 4.39. The molecule has 0 aliphatic carbocycles. The molecule has 0 saturated carbocycles. The summed E-state index contributed by atoms with van der Waals surface area (Å²) in [6.45, 7) is 2.24. The summed E-state index contributed by atoms with van der Waals surface area (Å²) in [6, 6.07) is 24.8. The van der Waals surface area contributed by atoms with Crippen LogP contribution >= 0.6 is 0 Å². The number of rotatable bonds is 5. The number of hydrogen-bond acceptors (Lipinski definition) is 3. The maximum atomic E-state index is 13.4. The molecule has 1 fully saturated rings. The van der Waals surface area contributed by atoms with Crippen molar-refractivity contribution in [2.75, 3.05) is 23.4 Å². The van der Waals surface area contributed by atoms with Crippen LogP contribution in [0.2, 0.25) is 0 Å². The Morgan fingerprint density at radius 1 is 0.750 bits per heavy atom. The summed E-state index contributed by atoms with van der Waals surface area (Å²) >= 11 is 0. The molecule has 142 valence electrons. The average molecular weight is 373 g/mol. The molecule has 4 rings (SSSR count). The Kier molecular flexibility index (Phi) is 5.66. The first-order valence-corrected chi connectivity index (χ1v) is 9.80. The lowest BCUT2D eigenvalue weighted by Gasteiger charge is -2.28. The van der Waals surface area contributed by atoms with Crippen LogP contribution < -0.4 is 10.3 Å². The number of para-hydroxylation sites is 1. The lowest BCUT2D eigenvalue weighted by Crippen LogP contribution is -2.29. The highest BCUT2D eigenvalue weighted by atomic mass is 19.1. The standard InChI is InChI=1S/C24H24FN3/c25-21-13-9-19(10-14-21)24(27-26-22-7-3-1-4-8-22)20-11-15-23(16-12-20)28-17-5-2-6-18-28/h1,3-4,7-16,26H,2,5-6,17-18H2. The fourth-order valence-corrected chi connectivity index (χ4v) is 3.52. The molecule has 3 aromatic carbocycles. The number of nitrogens with one attached hydrogen (secondary N) is 1. The molecule has 3 nitrogen and oxygen atoms in total. The quantitative estimate of drug-likeness (QED) is 0.460. The van der Waals surface area contributed by atoms with E-state index in [2.05, 4.69) is 39.7 Å². The van der Waals surface area contributed by atoms with Gasteiger partial charge in [-0.3, -0.25) is 5.43 Å². The van der Waals surface area contributed by atoms with Gasteiger partial charge in [0, 0.05) is 29.9 Å². The van der Waals surface area contributed by atoms with Crippen LogP contribution in [0.1, 0.15) is 30.4 Å². The molecule has 0 bridgehead atoms. The summed E-state index contributed by atoms with van der Waals surface area (Å²) in [5, 5.41) is 4.64. The minimum atomic E-state index is -0.250. The molecule has 4 heteroatoms. The van der Waals surface area contributed by atoms with Crippen molar-refractivity contribution in [3.05, 3.63) is 95.8 Å². The van der Waals surface area contributed by atoms with E-state index in [0.717, 1.165) is 35.6 Å². The first-order valence-electron chi connectivity index (χ1n) is 9.80. The van der Waals surface area contributed by atoms with Gasteiger partial charge in [0.1, 0.15) is 5.82 Å². The van der Waals surface area contributed by atoms with Gasteiger partial charge in [-0.1, -0.05) is 30.3 Å². The minimum absolute atomic E-state index is 0.250. The van der Waals surface area contributed by atoms with Crippen LogP contribution in [0.4, 0.5) is 15.8 Å². The van der Waals surface area contributed by atoms with Crippen LogP contribution in [-0.2, 0) is 0 Å². The molecule has 0 unspecified atom stereocenters. The highest BCUT2D eigenvalue weighted by molar-refractivity contribution is 6.13. The molecule has 0 aromatic heterocycles. The number of piperidine rings is 1. The summed E-state index contributed by atoms with van der Waals surface area (Å²) in [5.41, 5.74) is 7.93. The summed E-state index contributed by atoms with van der Waals surface area (Å²) in [5.74, 6) is -0.250. The van der Waals surface area contributed by atoms with Gasteiger partial charge in [-0.15, -0.1) is 0 Å². The molecule has 1 saturated heterocycles. The highest BCUT2D eigenvalue weighted by Gasteiger charge is 2.12. The van der Waals surface area contributed by atoms with Crippen molar-refractivity contribution in [1.29, 1.82) is 0 Å². The first-order chi connectivity index (χ1) is 13.8. The highest BCUT2D eigenvalue weighted by Crippen LogP contribution is 2.22. The zero-order chi connectivity index (χ0) is 19.2. The maximum Gasteiger partial charge on any atom is 0.123 e. The van der Waals surface area contributed by atoms with Crippen molar-refractivity contribution in [2.24, 2.45) is 5.10 Å². The smallest absolute Gasteiger partial charge is 0.123 e. The molecular weight excluding hydrogens is 349 g/mol. The van der Waals surface area contributed by atoms with Crippen molar-refractivity contribution in [2.45, 2.75) is 19.3 Å². The van der Waals surface area contributed by atoms with Gasteiger partial charge in [-0.25, -0.2) is 4.39 Å². The number of nitrogens with zero attached hydrogens (tertiary/aromatic N) is 2. The van der Waals surface area contributed by atoms with Crippen molar-refractivity contribution in [1.82, 2.24) is 0 Å². The molecule has 1 aliphatic rings. The Morgan fingerprint density at radius 2 is 1.36 bits per heavy atom. The minimum Gasteiger partial charge on any atom is -0.372 e. The molecular formula is C24H24FN3. The molecule has 0 spiro atoms. The zero-order valence-electron chi connectivity index (χ0n) is 15.8. The average Bonchev–Trinajstić information content (AvgIpc) is 2.77. The Bertz CT molecular complexity index is 912. The predicted molar refractivity (Wildman–Crippen MR) is 115 cm³/mol. The summed E-state index contributed by atoms with van der Waals surface area (Å²) in [7, 11) is 0. The number of hydrazone groups is 1. The van der Waals surface area contributed by atoms with Gasteiger partial charge in [0.05, 0.1) is 11.4 Å². The van der Waals surface area contributed by atoms with E-state index in [9.17, 15) is 4.39 Å². The second-order valence-corrected chi connectivity index (χ2v) is 7.04. The van der Waals surface area contributed by atoms with Crippen molar-refractivity contribution in [3.8, 4) is 0 Å². The van der Waals surface area contributed by atoms with E-state index < -0.39 is 0 Å². The molecule has 0 radical (unpaired) electrons. The van der Waals surface area contributed by atoms with E-state index in [0.29, 0.717) is 0 Å². The van der Waals surface area contributed by atoms with Gasteiger partial charge in [-0.05, 0) is 67.8 Å². The Labute approximate surface area is 165 Å². The van der Waals surface area contributed by atoms with E-state index >= 15 is 0 Å². The summed E-state index contributed by atoms with van der Waals surface area (Å²) in [4.78, 5) is 2.43. The maximum absolute atomic E-state index is 13.4. The lowest BCUT2D eigenvalue weighted by molar-refractivity contribution is 0.578. The van der Waals surface area contributed by atoms with E-state index in [1.165, 1.54) is 37.1 Å². The number of anilines is 2. The molecule has 1 N–H and O–H groups in total. The SMILES string of the molecule is Fc1ccc(C(=NNc2ccccc2)c2ccc(N3CCCCC3)cc2)cc1. The van der Waals surface area contributed by atoms with E-state index in [1.807, 2.05) is 30.3 Å². The Morgan fingerprint density at radius 3 is 2.00 bits per heavy atom. The van der Waals surface area contributed by atoms with Crippen LogP contribution in [-0.4, -0.2) is 18.8 Å². The van der Waals surface area contributed by atoms with Crippen molar-refractivity contribution >= 4 is 17.1 Å². The second-order valence-electron chi connectivity index (χ2n) is 7.04. The van der Waals surface area contributed by atoms with Gasteiger partial charge >= 0.3 is 0 Å². The number of benzene rings is 3. The van der Waals surface area contributed by atoms with E-state index in [1.54, 1.807) is 12.1 Å². The zero-order valence-corrected chi connectivity index (χ0v) is 15.8. The van der Waals surface area contributed by atoms with Gasteiger partial charge in [0.15, 0.2) is 0 Å². The normalized spacial score (nSPS) is 14.8. The Hall–Kier alpha value is -3.14. The monoisotopic (exact) mass is 373 g/mol. The largest absolute Gasteiger partial charge is 0.372 e. The third-order valence-electron chi connectivity index (χ3n) is 5.05. The molecule has 0 amide bonds. The van der Waals surface area contributed by atoms with Gasteiger partial charge < -0.3 is 4.90 Å². The number of halogens is 1. The van der Waals surface area contributed by atoms with Gasteiger partial charge in [0.2, 0.25) is 0 Å². The molecule has 1 heterocycles. The third-order valence-corrected chi connectivity index (χ3v) is 5.05. The predicted octanol–water partition coefficient (Wildman–Crippen LogP) is 5.68. The van der Waals surface area contributed by atoms with Crippen molar-refractivity contribution < 1.29 is 4.39 Å². The molecule has 3 aromatic rings. The fraction of sp³-hybridized carbons (Fsp3) is 0.208. The van der Waals surface area contributed by atoms with E-state index in [4.69, 9.17) is 0 Å². The van der Waals surface area contributed by atoms with Crippen LogP contribution in [0.3, 0.4) is 0 Å². The lowest BCUT2D eigenvalue weighted by atomic mass is 10.0. The van der Waals surface area contributed by atoms with Gasteiger partial charge in [0.25, 0.3) is 0 Å². The van der Waals surface area contributed by atoms with Gasteiger partial charge in [-0.2, -0.15) is 5.10 Å². The molecule has 28 heavy (non-hydrogen) atoms. The van der Waals surface area contributed by atoms with E-state index in [-0.39, 0.29) is 5.82 Å². The topological polar surface area (TPSA) is 27.6 Å². The molecule has 1 aliphatic heterocycles. The van der Waals surface area contributed by atoms with Crippen LogP contribution in [0.25, 0.3) is 0 Å². The summed E-state index contributed by atoms with van der Waals surface area (Å²) in [6.07, 6.45) is 3.83. The molecule has 0 atom stereocenters. The van der Waals surface area contributed by atoms with Crippen molar-refractivity contribution in [3.63, 3.8) is 0 Å². The first kappa shape index (κ1) is 18.2. The van der Waals surface area contributed by atoms with Crippen LogP contribution in [0.15, 0.2) is 84.0 Å². The van der Waals surface area contributed by atoms with Crippen LogP contribution in [0.5, 0.6) is 0 Å². The Balaban J connectivity index is 1.63. The van der Waals surface area contributed by atoms with Crippen LogP contribution in [0, 0.1) is 5.82 Å².